The minimum Gasteiger partial charge on any atom is -0.461 e. The molecule has 0 N–H and O–H groups in total. The lowest BCUT2D eigenvalue weighted by atomic mass is 10.1. The first kappa shape index (κ1) is 9.08. The third kappa shape index (κ3) is 2.55. The first-order chi connectivity index (χ1) is 5.84. The second-order valence-corrected chi connectivity index (χ2v) is 3.02. The standard InChI is InChI=1S/C10H14O2/c1-2-3-8-12-10(11)9-6-4-5-7-9/h3,9H,1,4-8H2. The Bertz CT molecular complexity index is 196. The summed E-state index contributed by atoms with van der Waals surface area (Å²) in [5.74, 6) is 0.0993. The molecule has 0 radical (unpaired) electrons. The van der Waals surface area contributed by atoms with E-state index >= 15 is 0 Å². The summed E-state index contributed by atoms with van der Waals surface area (Å²) in [5, 5.41) is 0. The third-order valence-corrected chi connectivity index (χ3v) is 2.14. The first-order valence-electron chi connectivity index (χ1n) is 4.35. The summed E-state index contributed by atoms with van der Waals surface area (Å²) in [4.78, 5) is 11.2. The molecule has 2 heteroatoms. The lowest BCUT2D eigenvalue weighted by molar-refractivity contribution is -0.147. The fourth-order valence-electron chi connectivity index (χ4n) is 1.46. The molecule has 2 nitrogen and oxygen atoms in total. The van der Waals surface area contributed by atoms with E-state index in [0.717, 1.165) is 25.7 Å². The van der Waals surface area contributed by atoms with Crippen LogP contribution in [0.3, 0.4) is 0 Å². The van der Waals surface area contributed by atoms with Gasteiger partial charge in [0.25, 0.3) is 0 Å². The van der Waals surface area contributed by atoms with Gasteiger partial charge in [-0.25, -0.2) is 0 Å². The van der Waals surface area contributed by atoms with Crippen molar-refractivity contribution in [3.05, 3.63) is 18.4 Å². The number of hydrogen-bond acceptors (Lipinski definition) is 2. The third-order valence-electron chi connectivity index (χ3n) is 2.14. The number of ether oxygens (including phenoxy) is 1. The summed E-state index contributed by atoms with van der Waals surface area (Å²) in [6, 6.07) is 0. The zero-order chi connectivity index (χ0) is 8.81. The Morgan fingerprint density at radius 3 is 2.83 bits per heavy atom. The van der Waals surface area contributed by atoms with Gasteiger partial charge in [0.05, 0.1) is 5.92 Å². The van der Waals surface area contributed by atoms with Crippen LogP contribution in [0.2, 0.25) is 0 Å². The summed E-state index contributed by atoms with van der Waals surface area (Å²) in [7, 11) is 0. The van der Waals surface area contributed by atoms with Crippen LogP contribution < -0.4 is 0 Å². The Morgan fingerprint density at radius 2 is 2.25 bits per heavy atom. The van der Waals surface area contributed by atoms with Crippen LogP contribution in [-0.4, -0.2) is 12.6 Å². The quantitative estimate of drug-likeness (QED) is 0.474. The van der Waals surface area contributed by atoms with Crippen molar-refractivity contribution >= 4 is 5.97 Å². The van der Waals surface area contributed by atoms with Gasteiger partial charge in [-0.05, 0) is 18.9 Å². The van der Waals surface area contributed by atoms with E-state index in [1.807, 2.05) is 0 Å². The highest BCUT2D eigenvalue weighted by atomic mass is 16.5. The van der Waals surface area contributed by atoms with Crippen molar-refractivity contribution < 1.29 is 9.53 Å². The Kier molecular flexibility index (Phi) is 3.62. The van der Waals surface area contributed by atoms with Gasteiger partial charge in [0.1, 0.15) is 6.61 Å². The fraction of sp³-hybridized carbons (Fsp3) is 0.600. The van der Waals surface area contributed by atoms with E-state index in [1.54, 1.807) is 6.08 Å². The van der Waals surface area contributed by atoms with Crippen LogP contribution in [0.25, 0.3) is 0 Å². The van der Waals surface area contributed by atoms with Gasteiger partial charge < -0.3 is 4.74 Å². The van der Waals surface area contributed by atoms with Gasteiger partial charge in [0, 0.05) is 0 Å². The van der Waals surface area contributed by atoms with Crippen LogP contribution in [-0.2, 0) is 9.53 Å². The normalized spacial score (nSPS) is 17.0. The topological polar surface area (TPSA) is 26.3 Å². The van der Waals surface area contributed by atoms with Gasteiger partial charge in [-0.15, -0.1) is 5.73 Å². The molecule has 66 valence electrons. The van der Waals surface area contributed by atoms with Crippen LogP contribution in [0.5, 0.6) is 0 Å². The smallest absolute Gasteiger partial charge is 0.309 e. The Morgan fingerprint density at radius 1 is 1.58 bits per heavy atom. The largest absolute Gasteiger partial charge is 0.461 e. The maximum Gasteiger partial charge on any atom is 0.309 e. The van der Waals surface area contributed by atoms with Crippen LogP contribution in [0.15, 0.2) is 18.4 Å². The molecule has 0 amide bonds. The van der Waals surface area contributed by atoms with E-state index < -0.39 is 0 Å². The van der Waals surface area contributed by atoms with Crippen molar-refractivity contribution in [3.63, 3.8) is 0 Å². The molecule has 0 aromatic heterocycles. The molecule has 0 aromatic rings. The molecule has 1 aliphatic rings. The van der Waals surface area contributed by atoms with E-state index in [9.17, 15) is 4.79 Å². The van der Waals surface area contributed by atoms with Crippen LogP contribution in [0.1, 0.15) is 25.7 Å². The molecular weight excluding hydrogens is 152 g/mol. The van der Waals surface area contributed by atoms with Crippen molar-refractivity contribution in [2.45, 2.75) is 25.7 Å². The van der Waals surface area contributed by atoms with Crippen molar-refractivity contribution in [1.82, 2.24) is 0 Å². The molecule has 0 saturated heterocycles. The van der Waals surface area contributed by atoms with Crippen LogP contribution in [0, 0.1) is 5.92 Å². The number of hydrogen-bond donors (Lipinski definition) is 0. The van der Waals surface area contributed by atoms with Crippen molar-refractivity contribution in [1.29, 1.82) is 0 Å². The molecule has 1 fully saturated rings. The summed E-state index contributed by atoms with van der Waals surface area (Å²) in [6.07, 6.45) is 5.94. The molecule has 0 atom stereocenters. The van der Waals surface area contributed by atoms with Gasteiger partial charge >= 0.3 is 5.97 Å². The molecule has 0 unspecified atom stereocenters. The number of rotatable bonds is 3. The first-order valence-corrected chi connectivity index (χ1v) is 4.35. The van der Waals surface area contributed by atoms with Gasteiger partial charge in [-0.2, -0.15) is 0 Å². The SMILES string of the molecule is C=C=CCOC(=O)C1CCCC1. The molecule has 0 spiro atoms. The number of carbonyl (C=O) groups is 1. The number of carbonyl (C=O) groups excluding carboxylic acids is 1. The fourth-order valence-corrected chi connectivity index (χ4v) is 1.46. The highest BCUT2D eigenvalue weighted by molar-refractivity contribution is 5.72. The predicted molar refractivity (Wildman–Crippen MR) is 46.6 cm³/mol. The van der Waals surface area contributed by atoms with E-state index in [4.69, 9.17) is 4.74 Å². The van der Waals surface area contributed by atoms with Crippen molar-refractivity contribution in [3.8, 4) is 0 Å². The summed E-state index contributed by atoms with van der Waals surface area (Å²) < 4.78 is 4.97. The van der Waals surface area contributed by atoms with Gasteiger partial charge in [-0.3, -0.25) is 4.79 Å². The maximum atomic E-state index is 11.2. The van der Waals surface area contributed by atoms with Gasteiger partial charge in [-0.1, -0.05) is 19.4 Å². The Balaban J connectivity index is 2.22. The lowest BCUT2D eigenvalue weighted by Gasteiger charge is -2.06. The Labute approximate surface area is 72.9 Å². The second kappa shape index (κ2) is 4.78. The summed E-state index contributed by atoms with van der Waals surface area (Å²) in [5.41, 5.74) is 2.56. The molecule has 0 aromatic carbocycles. The number of esters is 1. The molecule has 0 aliphatic heterocycles. The van der Waals surface area contributed by atoms with E-state index in [-0.39, 0.29) is 11.9 Å². The van der Waals surface area contributed by atoms with Crippen molar-refractivity contribution in [2.24, 2.45) is 5.92 Å². The van der Waals surface area contributed by atoms with Gasteiger partial charge in [0.15, 0.2) is 0 Å². The minimum atomic E-state index is -0.0565. The summed E-state index contributed by atoms with van der Waals surface area (Å²) >= 11 is 0. The predicted octanol–water partition coefficient (Wildman–Crippen LogP) is 2.06. The molecule has 1 saturated carbocycles. The van der Waals surface area contributed by atoms with E-state index in [0.29, 0.717) is 6.61 Å². The van der Waals surface area contributed by atoms with Crippen LogP contribution >= 0.6 is 0 Å². The molecule has 0 heterocycles. The molecule has 1 aliphatic carbocycles. The van der Waals surface area contributed by atoms with Gasteiger partial charge in [0.2, 0.25) is 0 Å². The van der Waals surface area contributed by atoms with E-state index in [1.165, 1.54) is 0 Å². The van der Waals surface area contributed by atoms with Crippen LogP contribution in [0.4, 0.5) is 0 Å². The Hall–Kier alpha value is -1.01. The monoisotopic (exact) mass is 166 g/mol. The molecule has 12 heavy (non-hydrogen) atoms. The average molecular weight is 166 g/mol. The highest BCUT2D eigenvalue weighted by Gasteiger charge is 2.23. The summed E-state index contributed by atoms with van der Waals surface area (Å²) in [6.45, 7) is 3.70. The molecule has 1 rings (SSSR count). The second-order valence-electron chi connectivity index (χ2n) is 3.02. The molecular formula is C10H14O2. The zero-order valence-electron chi connectivity index (χ0n) is 7.21. The van der Waals surface area contributed by atoms with Crippen molar-refractivity contribution in [2.75, 3.05) is 6.61 Å². The lowest BCUT2D eigenvalue weighted by Crippen LogP contribution is -2.14. The van der Waals surface area contributed by atoms with E-state index in [2.05, 4.69) is 12.3 Å². The highest BCUT2D eigenvalue weighted by Crippen LogP contribution is 2.25. The maximum absolute atomic E-state index is 11.2. The molecule has 0 bridgehead atoms. The average Bonchev–Trinajstić information content (AvgIpc) is 2.56. The zero-order valence-corrected chi connectivity index (χ0v) is 7.21. The minimum absolute atomic E-state index is 0.0565.